The molecule has 0 amide bonds. The number of aryl methyl sites for hydroxylation is 2. The first kappa shape index (κ1) is 16.4. The Kier molecular flexibility index (Phi) is 2.60. The number of fused-ring (bicyclic) bond motifs is 6. The van der Waals surface area contributed by atoms with Crippen molar-refractivity contribution in [2.24, 2.45) is 0 Å². The molecule has 0 bridgehead atoms. The zero-order chi connectivity index (χ0) is 20.9. The SMILES string of the molecule is Cc1cc2c3ccc4ccc5c6sc(C)cc6c6ccc7ccc(c2s1)c1c7c6c5c4c31. The molecule has 0 aliphatic heterocycles. The maximum Gasteiger partial charge on any atom is 0.0430 e. The van der Waals surface area contributed by atoms with Gasteiger partial charge in [-0.25, -0.2) is 0 Å². The summed E-state index contributed by atoms with van der Waals surface area (Å²) in [4.78, 5) is 2.77. The highest BCUT2D eigenvalue weighted by Crippen LogP contribution is 2.53. The summed E-state index contributed by atoms with van der Waals surface area (Å²) in [6.45, 7) is 4.48. The number of thiophene rings is 2. The van der Waals surface area contributed by atoms with Gasteiger partial charge in [-0.05, 0) is 69.1 Å². The minimum atomic E-state index is 1.36. The average molecular weight is 441 g/mol. The molecule has 148 valence electrons. The van der Waals surface area contributed by atoms with Gasteiger partial charge in [-0.2, -0.15) is 0 Å². The zero-order valence-corrected chi connectivity index (χ0v) is 19.2. The molecule has 32 heavy (non-hydrogen) atoms. The Morgan fingerprint density at radius 3 is 1.22 bits per heavy atom. The van der Waals surface area contributed by atoms with Crippen molar-refractivity contribution in [3.05, 3.63) is 70.4 Å². The second kappa shape index (κ2) is 5.06. The predicted molar refractivity (Wildman–Crippen MR) is 145 cm³/mol. The van der Waals surface area contributed by atoms with Gasteiger partial charge in [0.1, 0.15) is 0 Å². The lowest BCUT2D eigenvalue weighted by Gasteiger charge is -2.21. The van der Waals surface area contributed by atoms with E-state index in [1.54, 1.807) is 0 Å². The number of rotatable bonds is 0. The van der Waals surface area contributed by atoms with E-state index < -0.39 is 0 Å². The van der Waals surface area contributed by atoms with Crippen molar-refractivity contribution in [2.75, 3.05) is 0 Å². The van der Waals surface area contributed by atoms with E-state index in [1.807, 2.05) is 22.7 Å². The molecule has 0 fully saturated rings. The van der Waals surface area contributed by atoms with Crippen molar-refractivity contribution in [3.63, 3.8) is 0 Å². The maximum atomic E-state index is 2.40. The molecule has 0 nitrogen and oxygen atoms in total. The van der Waals surface area contributed by atoms with Gasteiger partial charge < -0.3 is 0 Å². The van der Waals surface area contributed by atoms with E-state index in [4.69, 9.17) is 0 Å². The van der Waals surface area contributed by atoms with Crippen LogP contribution in [0.3, 0.4) is 0 Å². The molecule has 2 aromatic heterocycles. The molecule has 7 aromatic carbocycles. The van der Waals surface area contributed by atoms with Gasteiger partial charge in [-0.15, -0.1) is 22.7 Å². The molecule has 0 aliphatic rings. The average Bonchev–Trinajstić information content (AvgIpc) is 3.39. The Morgan fingerprint density at radius 1 is 0.406 bits per heavy atom. The lowest BCUT2D eigenvalue weighted by Crippen LogP contribution is -1.93. The molecule has 0 saturated carbocycles. The second-order valence-electron chi connectivity index (χ2n) is 9.35. The van der Waals surface area contributed by atoms with E-state index in [-0.39, 0.29) is 0 Å². The largest absolute Gasteiger partial charge is 0.140 e. The highest BCUT2D eigenvalue weighted by molar-refractivity contribution is 7.20. The molecule has 2 heterocycles. The molecular formula is C30H16S2. The summed E-state index contributed by atoms with van der Waals surface area (Å²) in [6, 6.07) is 23.7. The van der Waals surface area contributed by atoms with Gasteiger partial charge in [-0.3, -0.25) is 0 Å². The summed E-state index contributed by atoms with van der Waals surface area (Å²) in [7, 11) is 0. The Bertz CT molecular complexity index is 1900. The molecule has 0 atom stereocenters. The van der Waals surface area contributed by atoms with Gasteiger partial charge in [0.05, 0.1) is 0 Å². The van der Waals surface area contributed by atoms with Gasteiger partial charge >= 0.3 is 0 Å². The quantitative estimate of drug-likeness (QED) is 0.162. The van der Waals surface area contributed by atoms with Crippen LogP contribution in [0.4, 0.5) is 0 Å². The van der Waals surface area contributed by atoms with E-state index >= 15 is 0 Å². The molecule has 0 unspecified atom stereocenters. The van der Waals surface area contributed by atoms with Crippen LogP contribution in [0.15, 0.2) is 60.7 Å². The van der Waals surface area contributed by atoms with Crippen LogP contribution >= 0.6 is 22.7 Å². The van der Waals surface area contributed by atoms with Crippen LogP contribution in [0.25, 0.3) is 84.8 Å². The highest BCUT2D eigenvalue weighted by Gasteiger charge is 2.24. The smallest absolute Gasteiger partial charge is 0.0430 e. The van der Waals surface area contributed by atoms with Crippen molar-refractivity contribution in [3.8, 4) is 0 Å². The third kappa shape index (κ3) is 1.62. The summed E-state index contributed by atoms with van der Waals surface area (Å²) in [6.07, 6.45) is 0. The number of hydrogen-bond acceptors (Lipinski definition) is 2. The fourth-order valence-electron chi connectivity index (χ4n) is 6.53. The monoisotopic (exact) mass is 440 g/mol. The molecule has 0 spiro atoms. The molecular weight excluding hydrogens is 424 g/mol. The van der Waals surface area contributed by atoms with Gasteiger partial charge in [-0.1, -0.05) is 48.5 Å². The minimum absolute atomic E-state index is 1.36. The molecule has 9 rings (SSSR count). The summed E-state index contributed by atoms with van der Waals surface area (Å²) in [5, 5.41) is 20.0. The van der Waals surface area contributed by atoms with Crippen molar-refractivity contribution < 1.29 is 0 Å². The Morgan fingerprint density at radius 2 is 0.781 bits per heavy atom. The lowest BCUT2D eigenvalue weighted by atomic mass is 9.81. The van der Waals surface area contributed by atoms with Crippen molar-refractivity contribution in [1.82, 2.24) is 0 Å². The van der Waals surface area contributed by atoms with E-state index in [0.29, 0.717) is 0 Å². The van der Waals surface area contributed by atoms with Crippen molar-refractivity contribution in [2.45, 2.75) is 13.8 Å². The van der Waals surface area contributed by atoms with Gasteiger partial charge in [0.25, 0.3) is 0 Å². The molecule has 0 N–H and O–H groups in total. The fourth-order valence-corrected chi connectivity index (χ4v) is 8.65. The summed E-state index contributed by atoms with van der Waals surface area (Å²) < 4.78 is 2.87. The van der Waals surface area contributed by atoms with Gasteiger partial charge in [0.15, 0.2) is 0 Å². The highest BCUT2D eigenvalue weighted by atomic mass is 32.1. The third-order valence-corrected chi connectivity index (χ3v) is 9.82. The van der Waals surface area contributed by atoms with Crippen LogP contribution in [0, 0.1) is 13.8 Å². The van der Waals surface area contributed by atoms with Crippen LogP contribution in [0.1, 0.15) is 9.75 Å². The van der Waals surface area contributed by atoms with Crippen LogP contribution in [0.5, 0.6) is 0 Å². The first-order valence-electron chi connectivity index (χ1n) is 11.1. The lowest BCUT2D eigenvalue weighted by molar-refractivity contribution is 1.66. The van der Waals surface area contributed by atoms with E-state index in [1.165, 1.54) is 94.6 Å². The van der Waals surface area contributed by atoms with Gasteiger partial charge in [0.2, 0.25) is 0 Å². The van der Waals surface area contributed by atoms with Crippen LogP contribution in [-0.2, 0) is 0 Å². The summed E-state index contributed by atoms with van der Waals surface area (Å²) in [5.74, 6) is 0. The van der Waals surface area contributed by atoms with Crippen LogP contribution < -0.4 is 0 Å². The molecule has 9 aromatic rings. The normalized spacial score (nSPS) is 13.3. The summed E-state index contributed by atoms with van der Waals surface area (Å²) >= 11 is 3.88. The van der Waals surface area contributed by atoms with Crippen LogP contribution in [-0.4, -0.2) is 0 Å². The third-order valence-electron chi connectivity index (χ3n) is 7.65. The predicted octanol–water partition coefficient (Wildman–Crippen LogP) is 9.97. The first-order chi connectivity index (χ1) is 15.7. The Labute approximate surface area is 191 Å². The Hall–Kier alpha value is -3.20. The number of benzene rings is 7. The molecule has 0 radical (unpaired) electrons. The second-order valence-corrected chi connectivity index (χ2v) is 11.9. The zero-order valence-electron chi connectivity index (χ0n) is 17.6. The van der Waals surface area contributed by atoms with Crippen LogP contribution in [0.2, 0.25) is 0 Å². The molecule has 2 heteroatoms. The minimum Gasteiger partial charge on any atom is -0.140 e. The van der Waals surface area contributed by atoms with E-state index in [2.05, 4.69) is 74.5 Å². The van der Waals surface area contributed by atoms with Crippen molar-refractivity contribution >= 4 is 107 Å². The van der Waals surface area contributed by atoms with E-state index in [9.17, 15) is 0 Å². The van der Waals surface area contributed by atoms with Gasteiger partial charge in [0, 0.05) is 51.5 Å². The molecule has 0 saturated heterocycles. The maximum absolute atomic E-state index is 2.40. The van der Waals surface area contributed by atoms with Crippen molar-refractivity contribution in [1.29, 1.82) is 0 Å². The first-order valence-corrected chi connectivity index (χ1v) is 12.7. The Balaban J connectivity index is 1.82. The van der Waals surface area contributed by atoms with E-state index in [0.717, 1.165) is 0 Å². The molecule has 0 aliphatic carbocycles. The standard InChI is InChI=1S/C30H16S2/c1-13-11-21-17-7-3-15-6-10-20-28-23(15)25(17)27-19(29(21)31-13)9-5-16-4-8-18(26(28)24(16)27)22-12-14(2)32-30(20)22/h3-12H,1-2H3. The number of hydrogen-bond donors (Lipinski definition) is 0. The topological polar surface area (TPSA) is 0 Å². The fraction of sp³-hybridized carbons (Fsp3) is 0.0667. The summed E-state index contributed by atoms with van der Waals surface area (Å²) in [5.41, 5.74) is 0.